The molecule has 0 radical (unpaired) electrons. The summed E-state index contributed by atoms with van der Waals surface area (Å²) in [6, 6.07) is 0. The minimum atomic E-state index is -0.618. The van der Waals surface area contributed by atoms with Crippen LogP contribution in [0, 0.1) is 29.1 Å². The second kappa shape index (κ2) is 9.71. The van der Waals surface area contributed by atoms with Crippen molar-refractivity contribution in [2.45, 2.75) is 104 Å². The van der Waals surface area contributed by atoms with Gasteiger partial charge in [-0.3, -0.25) is 0 Å². The normalized spacial score (nSPS) is 39.5. The molecule has 30 heavy (non-hydrogen) atoms. The summed E-state index contributed by atoms with van der Waals surface area (Å²) in [5, 5.41) is 30.4. The number of hydrogen-bond acceptors (Lipinski definition) is 3. The topological polar surface area (TPSA) is 60.7 Å². The molecule has 3 heteroatoms. The third-order valence-corrected chi connectivity index (χ3v) is 8.68. The van der Waals surface area contributed by atoms with E-state index in [0.717, 1.165) is 36.3 Å². The van der Waals surface area contributed by atoms with Crippen molar-refractivity contribution in [1.29, 1.82) is 0 Å². The summed E-state index contributed by atoms with van der Waals surface area (Å²) in [4.78, 5) is 0. The standard InChI is InChI=1S/C27H44O3/c1-17(2)25(29)13-8-18(3)23-11-12-24-20(7-6-14-27(23,24)5)9-10-21-15-22(28)16-26(30)19(21)4/h9-10,17-18,22-26,28-30H,4,6-8,11-16H2,1-3,5H3/b20-9?,21-10-/t18-,22-,23-,24?,25+,26-,27-/m1/s1. The van der Waals surface area contributed by atoms with Crippen molar-refractivity contribution < 1.29 is 15.3 Å². The number of aliphatic hydroxyl groups excluding tert-OH is 3. The average Bonchev–Trinajstić information content (AvgIpc) is 3.04. The van der Waals surface area contributed by atoms with E-state index in [4.69, 9.17) is 0 Å². The third kappa shape index (κ3) is 4.95. The Balaban J connectivity index is 1.72. The van der Waals surface area contributed by atoms with Crippen molar-refractivity contribution >= 4 is 0 Å². The summed E-state index contributed by atoms with van der Waals surface area (Å²) >= 11 is 0. The molecule has 0 aromatic heterocycles. The van der Waals surface area contributed by atoms with E-state index in [1.807, 2.05) is 0 Å². The Morgan fingerprint density at radius 1 is 1.13 bits per heavy atom. The number of allylic oxidation sites excluding steroid dienone is 3. The van der Waals surface area contributed by atoms with Gasteiger partial charge in [-0.05, 0) is 91.6 Å². The molecule has 0 aromatic carbocycles. The van der Waals surface area contributed by atoms with E-state index < -0.39 is 12.2 Å². The Hall–Kier alpha value is -0.900. The molecular weight excluding hydrogens is 372 g/mol. The highest BCUT2D eigenvalue weighted by molar-refractivity contribution is 5.38. The summed E-state index contributed by atoms with van der Waals surface area (Å²) in [7, 11) is 0. The molecule has 0 aliphatic heterocycles. The maximum Gasteiger partial charge on any atom is 0.0811 e. The van der Waals surface area contributed by atoms with Gasteiger partial charge in [-0.2, -0.15) is 0 Å². The molecule has 3 fully saturated rings. The van der Waals surface area contributed by atoms with Crippen molar-refractivity contribution in [3.05, 3.63) is 35.5 Å². The fourth-order valence-corrected chi connectivity index (χ4v) is 6.65. The Morgan fingerprint density at radius 2 is 1.87 bits per heavy atom. The van der Waals surface area contributed by atoms with Crippen LogP contribution in [0.4, 0.5) is 0 Å². The van der Waals surface area contributed by atoms with Crippen LogP contribution < -0.4 is 0 Å². The van der Waals surface area contributed by atoms with Crippen LogP contribution in [0.5, 0.6) is 0 Å². The lowest BCUT2D eigenvalue weighted by Gasteiger charge is -2.44. The van der Waals surface area contributed by atoms with Gasteiger partial charge >= 0.3 is 0 Å². The zero-order valence-electron chi connectivity index (χ0n) is 19.6. The van der Waals surface area contributed by atoms with Crippen LogP contribution in [0.1, 0.15) is 85.5 Å². The monoisotopic (exact) mass is 416 g/mol. The lowest BCUT2D eigenvalue weighted by Crippen LogP contribution is -2.36. The van der Waals surface area contributed by atoms with Crippen LogP contribution in [0.3, 0.4) is 0 Å². The number of fused-ring (bicyclic) bond motifs is 1. The average molecular weight is 417 g/mol. The molecule has 3 nitrogen and oxygen atoms in total. The predicted octanol–water partition coefficient (Wildman–Crippen LogP) is 5.56. The van der Waals surface area contributed by atoms with Gasteiger partial charge in [0.15, 0.2) is 0 Å². The summed E-state index contributed by atoms with van der Waals surface area (Å²) in [6.45, 7) is 13.2. The first-order valence-corrected chi connectivity index (χ1v) is 12.3. The molecule has 170 valence electrons. The maximum absolute atomic E-state index is 10.3. The molecule has 0 saturated heterocycles. The molecule has 0 bridgehead atoms. The van der Waals surface area contributed by atoms with Gasteiger partial charge in [0, 0.05) is 6.42 Å². The molecular formula is C27H44O3. The Labute approximate surface area is 184 Å². The van der Waals surface area contributed by atoms with Crippen molar-refractivity contribution in [2.75, 3.05) is 0 Å². The summed E-state index contributed by atoms with van der Waals surface area (Å²) in [5.41, 5.74) is 3.69. The minimum Gasteiger partial charge on any atom is -0.393 e. The number of rotatable bonds is 6. The van der Waals surface area contributed by atoms with Gasteiger partial charge in [0.2, 0.25) is 0 Å². The SMILES string of the molecule is C=C1/C(=C\C=C2CCC[C@@]3(C)C2CC[C@@H]3[C@H](C)CC[C@H](O)C(C)C)C[C@@H](O)C[C@H]1O. The van der Waals surface area contributed by atoms with Gasteiger partial charge in [-0.15, -0.1) is 0 Å². The predicted molar refractivity (Wildman–Crippen MR) is 124 cm³/mol. The van der Waals surface area contributed by atoms with Crippen LogP contribution >= 0.6 is 0 Å². The molecule has 3 saturated carbocycles. The molecule has 7 atom stereocenters. The van der Waals surface area contributed by atoms with Gasteiger partial charge in [-0.1, -0.05) is 52.0 Å². The second-order valence-corrected chi connectivity index (χ2v) is 11.0. The van der Waals surface area contributed by atoms with Crippen LogP contribution in [-0.2, 0) is 0 Å². The molecule has 0 spiro atoms. The van der Waals surface area contributed by atoms with E-state index in [1.54, 1.807) is 5.57 Å². The number of aliphatic hydroxyl groups is 3. The zero-order valence-corrected chi connectivity index (χ0v) is 19.6. The fourth-order valence-electron chi connectivity index (χ4n) is 6.65. The highest BCUT2D eigenvalue weighted by Gasteiger charge is 2.50. The van der Waals surface area contributed by atoms with Crippen molar-refractivity contribution in [1.82, 2.24) is 0 Å². The second-order valence-electron chi connectivity index (χ2n) is 11.0. The molecule has 0 aromatic rings. The van der Waals surface area contributed by atoms with Gasteiger partial charge in [0.25, 0.3) is 0 Å². The third-order valence-electron chi connectivity index (χ3n) is 8.68. The van der Waals surface area contributed by atoms with Gasteiger partial charge in [-0.25, -0.2) is 0 Å². The van der Waals surface area contributed by atoms with E-state index in [1.165, 1.54) is 25.7 Å². The first-order valence-electron chi connectivity index (χ1n) is 12.3. The molecule has 3 N–H and O–H groups in total. The molecule has 1 unspecified atom stereocenters. The van der Waals surface area contributed by atoms with Gasteiger partial charge < -0.3 is 15.3 Å². The van der Waals surface area contributed by atoms with E-state index >= 15 is 0 Å². The lowest BCUT2D eigenvalue weighted by atomic mass is 9.60. The van der Waals surface area contributed by atoms with Crippen molar-refractivity contribution in [2.24, 2.45) is 29.1 Å². The van der Waals surface area contributed by atoms with Gasteiger partial charge in [0.05, 0.1) is 18.3 Å². The zero-order chi connectivity index (χ0) is 22.1. The molecule has 3 aliphatic rings. The Bertz CT molecular complexity index is 676. The van der Waals surface area contributed by atoms with E-state index in [-0.39, 0.29) is 6.10 Å². The van der Waals surface area contributed by atoms with Crippen LogP contribution in [-0.4, -0.2) is 33.6 Å². The van der Waals surface area contributed by atoms with Crippen LogP contribution in [0.15, 0.2) is 35.5 Å². The minimum absolute atomic E-state index is 0.180. The van der Waals surface area contributed by atoms with E-state index in [2.05, 4.69) is 46.4 Å². The molecule has 3 aliphatic carbocycles. The van der Waals surface area contributed by atoms with Crippen molar-refractivity contribution in [3.63, 3.8) is 0 Å². The highest BCUT2D eigenvalue weighted by Crippen LogP contribution is 2.60. The fraction of sp³-hybridized carbons (Fsp3) is 0.778. The summed E-state index contributed by atoms with van der Waals surface area (Å²) in [5.74, 6) is 2.35. The molecule has 0 heterocycles. The van der Waals surface area contributed by atoms with Crippen molar-refractivity contribution in [3.8, 4) is 0 Å². The molecule has 3 rings (SSSR count). The smallest absolute Gasteiger partial charge is 0.0811 e. The quantitative estimate of drug-likeness (QED) is 0.531. The maximum atomic E-state index is 10.3. The van der Waals surface area contributed by atoms with Crippen LogP contribution in [0.25, 0.3) is 0 Å². The number of hydrogen-bond donors (Lipinski definition) is 3. The van der Waals surface area contributed by atoms with Crippen LogP contribution in [0.2, 0.25) is 0 Å². The summed E-state index contributed by atoms with van der Waals surface area (Å²) < 4.78 is 0. The Kier molecular flexibility index (Phi) is 7.69. The lowest BCUT2D eigenvalue weighted by molar-refractivity contribution is 0.0717. The first kappa shape index (κ1) is 23.8. The molecule has 0 amide bonds. The largest absolute Gasteiger partial charge is 0.393 e. The van der Waals surface area contributed by atoms with Gasteiger partial charge in [0.1, 0.15) is 0 Å². The van der Waals surface area contributed by atoms with E-state index in [9.17, 15) is 15.3 Å². The highest BCUT2D eigenvalue weighted by atomic mass is 16.3. The summed E-state index contributed by atoms with van der Waals surface area (Å²) in [6.07, 6.45) is 12.4. The Morgan fingerprint density at radius 3 is 2.57 bits per heavy atom. The van der Waals surface area contributed by atoms with E-state index in [0.29, 0.717) is 36.0 Å². The first-order chi connectivity index (χ1) is 14.1.